The minimum Gasteiger partial charge on any atom is -0.493 e. The van der Waals surface area contributed by atoms with E-state index in [0.717, 1.165) is 30.0 Å². The van der Waals surface area contributed by atoms with Crippen molar-refractivity contribution in [2.45, 2.75) is 45.4 Å². The number of rotatable bonds is 10. The van der Waals surface area contributed by atoms with Crippen molar-refractivity contribution in [1.82, 2.24) is 4.98 Å². The molecular weight excluding hydrogens is 423 g/mol. The van der Waals surface area contributed by atoms with Crippen molar-refractivity contribution >= 4 is 16.9 Å². The van der Waals surface area contributed by atoms with Crippen molar-refractivity contribution in [2.24, 2.45) is 0 Å². The first-order valence-electron chi connectivity index (χ1n) is 10.3. The van der Waals surface area contributed by atoms with Gasteiger partial charge in [-0.1, -0.05) is 37.6 Å². The van der Waals surface area contributed by atoms with E-state index in [-0.39, 0.29) is 24.3 Å². The molecule has 0 saturated heterocycles. The molecule has 2 aromatic carbocycles. The number of carboxylic acids is 1. The van der Waals surface area contributed by atoms with E-state index in [1.807, 2.05) is 13.0 Å². The normalized spacial score (nSPS) is 11.5. The van der Waals surface area contributed by atoms with Crippen LogP contribution in [0.2, 0.25) is 0 Å². The predicted molar refractivity (Wildman–Crippen MR) is 114 cm³/mol. The van der Waals surface area contributed by atoms with Gasteiger partial charge in [-0.15, -0.1) is 0 Å². The summed E-state index contributed by atoms with van der Waals surface area (Å²) >= 11 is 0. The molecule has 1 N–H and O–H groups in total. The highest BCUT2D eigenvalue weighted by molar-refractivity contribution is 5.86. The minimum atomic E-state index is -4.57. The molecular formula is C24H24F3NO4. The quantitative estimate of drug-likeness (QED) is 0.385. The number of alkyl halides is 3. The molecule has 0 spiro atoms. The smallest absolute Gasteiger partial charge is 0.433 e. The lowest BCUT2D eigenvalue weighted by Crippen LogP contribution is -2.09. The molecule has 3 aromatic rings. The van der Waals surface area contributed by atoms with Gasteiger partial charge >= 0.3 is 12.1 Å². The standard InChI is InChI=1S/C24H24F3NO4/c1-2-3-12-31-21-14-22(24(25,26)27)28-19-10-8-16(13-18(19)21)15-32-20-7-5-4-6-17(20)9-11-23(29)30/h4-8,10,13-14H,2-3,9,11-12,15H2,1H3,(H,29,30). The van der Waals surface area contributed by atoms with Crippen molar-refractivity contribution in [1.29, 1.82) is 0 Å². The monoisotopic (exact) mass is 447 g/mol. The Morgan fingerprint density at radius 2 is 1.84 bits per heavy atom. The molecule has 0 fully saturated rings. The number of hydrogen-bond acceptors (Lipinski definition) is 4. The number of carbonyl (C=O) groups is 1. The van der Waals surface area contributed by atoms with Crippen LogP contribution in [0.3, 0.4) is 0 Å². The lowest BCUT2D eigenvalue weighted by molar-refractivity contribution is -0.141. The zero-order valence-corrected chi connectivity index (χ0v) is 17.6. The number of hydrogen-bond donors (Lipinski definition) is 1. The molecule has 170 valence electrons. The lowest BCUT2D eigenvalue weighted by Gasteiger charge is -2.15. The van der Waals surface area contributed by atoms with Gasteiger partial charge in [0.1, 0.15) is 23.8 Å². The molecule has 32 heavy (non-hydrogen) atoms. The number of benzene rings is 2. The van der Waals surface area contributed by atoms with Crippen molar-refractivity contribution < 1.29 is 32.5 Å². The van der Waals surface area contributed by atoms with Crippen LogP contribution in [-0.4, -0.2) is 22.7 Å². The van der Waals surface area contributed by atoms with E-state index < -0.39 is 17.8 Å². The van der Waals surface area contributed by atoms with Crippen LogP contribution in [0.15, 0.2) is 48.5 Å². The number of nitrogens with zero attached hydrogens (tertiary/aromatic N) is 1. The first-order chi connectivity index (χ1) is 15.3. The Kier molecular flexibility index (Phi) is 7.56. The molecule has 0 amide bonds. The predicted octanol–water partition coefficient (Wildman–Crippen LogP) is 6.03. The molecule has 0 saturated carbocycles. The van der Waals surface area contributed by atoms with Crippen LogP contribution >= 0.6 is 0 Å². The summed E-state index contributed by atoms with van der Waals surface area (Å²) in [7, 11) is 0. The molecule has 3 rings (SSSR count). The fourth-order valence-electron chi connectivity index (χ4n) is 3.18. The van der Waals surface area contributed by atoms with Crippen molar-refractivity contribution in [3.63, 3.8) is 0 Å². The first kappa shape index (κ1) is 23.4. The van der Waals surface area contributed by atoms with E-state index in [1.54, 1.807) is 30.3 Å². The maximum atomic E-state index is 13.2. The van der Waals surface area contributed by atoms with Gasteiger partial charge in [-0.25, -0.2) is 4.98 Å². The summed E-state index contributed by atoms with van der Waals surface area (Å²) < 4.78 is 51.3. The number of aryl methyl sites for hydroxylation is 1. The Labute approximate surface area is 183 Å². The molecule has 0 aliphatic heterocycles. The molecule has 1 heterocycles. The second kappa shape index (κ2) is 10.3. The van der Waals surface area contributed by atoms with Crippen LogP contribution in [0.4, 0.5) is 13.2 Å². The van der Waals surface area contributed by atoms with E-state index >= 15 is 0 Å². The molecule has 8 heteroatoms. The lowest BCUT2D eigenvalue weighted by atomic mass is 10.1. The Morgan fingerprint density at radius 3 is 2.56 bits per heavy atom. The number of unbranched alkanes of at least 4 members (excludes halogenated alkanes) is 1. The number of para-hydroxylation sites is 1. The van der Waals surface area contributed by atoms with Crippen LogP contribution in [0.1, 0.15) is 43.0 Å². The molecule has 0 aliphatic rings. The summed E-state index contributed by atoms with van der Waals surface area (Å²) in [5.41, 5.74) is 0.702. The number of ether oxygens (including phenoxy) is 2. The largest absolute Gasteiger partial charge is 0.493 e. The van der Waals surface area contributed by atoms with Crippen LogP contribution in [-0.2, 0) is 24.0 Å². The summed E-state index contributed by atoms with van der Waals surface area (Å²) in [5.74, 6) is -0.186. The number of aliphatic carboxylic acids is 1. The van der Waals surface area contributed by atoms with E-state index in [4.69, 9.17) is 14.6 Å². The number of aromatic nitrogens is 1. The van der Waals surface area contributed by atoms with Gasteiger partial charge < -0.3 is 14.6 Å². The van der Waals surface area contributed by atoms with E-state index in [2.05, 4.69) is 4.98 Å². The third-order valence-corrected chi connectivity index (χ3v) is 4.86. The van der Waals surface area contributed by atoms with Gasteiger partial charge in [-0.05, 0) is 42.2 Å². The van der Waals surface area contributed by atoms with Crippen LogP contribution < -0.4 is 9.47 Å². The summed E-state index contributed by atoms with van der Waals surface area (Å²) in [6.07, 6.45) is -2.67. The van der Waals surface area contributed by atoms with E-state index in [1.165, 1.54) is 6.07 Å². The summed E-state index contributed by atoms with van der Waals surface area (Å²) in [6.45, 7) is 2.44. The Bertz CT molecular complexity index is 1080. The van der Waals surface area contributed by atoms with Crippen molar-refractivity contribution in [3.05, 3.63) is 65.4 Å². The number of halogens is 3. The number of fused-ring (bicyclic) bond motifs is 1. The van der Waals surface area contributed by atoms with Gasteiger partial charge in [0.15, 0.2) is 0 Å². The molecule has 0 unspecified atom stereocenters. The van der Waals surface area contributed by atoms with Gasteiger partial charge in [-0.2, -0.15) is 13.2 Å². The fraction of sp³-hybridized carbons (Fsp3) is 0.333. The summed E-state index contributed by atoms with van der Waals surface area (Å²) in [5, 5.41) is 9.40. The zero-order valence-electron chi connectivity index (χ0n) is 17.6. The maximum Gasteiger partial charge on any atom is 0.433 e. The Hall–Kier alpha value is -3.29. The summed E-state index contributed by atoms with van der Waals surface area (Å²) in [6, 6.07) is 13.0. The van der Waals surface area contributed by atoms with Gasteiger partial charge in [0.2, 0.25) is 0 Å². The number of pyridine rings is 1. The topological polar surface area (TPSA) is 68.7 Å². The molecule has 0 bridgehead atoms. The first-order valence-corrected chi connectivity index (χ1v) is 10.3. The molecule has 0 radical (unpaired) electrons. The third kappa shape index (κ3) is 6.12. The average molecular weight is 447 g/mol. The van der Waals surface area contributed by atoms with Crippen molar-refractivity contribution in [3.8, 4) is 11.5 Å². The fourth-order valence-corrected chi connectivity index (χ4v) is 3.18. The Balaban J connectivity index is 1.86. The third-order valence-electron chi connectivity index (χ3n) is 4.86. The number of carboxylic acid groups (broad SMARTS) is 1. The minimum absolute atomic E-state index is 0.0119. The highest BCUT2D eigenvalue weighted by Gasteiger charge is 2.33. The SMILES string of the molecule is CCCCOc1cc(C(F)(F)F)nc2ccc(COc3ccccc3CCC(=O)O)cc12. The van der Waals surface area contributed by atoms with Gasteiger partial charge in [-0.3, -0.25) is 4.79 Å². The zero-order chi connectivity index (χ0) is 23.1. The van der Waals surface area contributed by atoms with Crippen LogP contribution in [0, 0.1) is 0 Å². The van der Waals surface area contributed by atoms with Crippen LogP contribution in [0.25, 0.3) is 10.9 Å². The highest BCUT2D eigenvalue weighted by Crippen LogP contribution is 2.35. The van der Waals surface area contributed by atoms with E-state index in [9.17, 15) is 18.0 Å². The van der Waals surface area contributed by atoms with Crippen molar-refractivity contribution in [2.75, 3.05) is 6.61 Å². The highest BCUT2D eigenvalue weighted by atomic mass is 19.4. The molecule has 5 nitrogen and oxygen atoms in total. The maximum absolute atomic E-state index is 13.2. The van der Waals surface area contributed by atoms with E-state index in [0.29, 0.717) is 24.2 Å². The van der Waals surface area contributed by atoms with Gasteiger partial charge in [0.05, 0.1) is 12.1 Å². The van der Waals surface area contributed by atoms with Crippen LogP contribution in [0.5, 0.6) is 11.5 Å². The summed E-state index contributed by atoms with van der Waals surface area (Å²) in [4.78, 5) is 14.6. The molecule has 1 aromatic heterocycles. The average Bonchev–Trinajstić information content (AvgIpc) is 2.76. The Morgan fingerprint density at radius 1 is 1.06 bits per heavy atom. The molecule has 0 aliphatic carbocycles. The second-order valence-electron chi connectivity index (χ2n) is 7.35. The second-order valence-corrected chi connectivity index (χ2v) is 7.35. The molecule has 0 atom stereocenters. The van der Waals surface area contributed by atoms with Gasteiger partial charge in [0, 0.05) is 17.9 Å². The van der Waals surface area contributed by atoms with Gasteiger partial charge in [0.25, 0.3) is 0 Å².